The summed E-state index contributed by atoms with van der Waals surface area (Å²) in [6.45, 7) is 0.686. The van der Waals surface area contributed by atoms with Gasteiger partial charge in [0.15, 0.2) is 0 Å². The molecule has 0 aliphatic carbocycles. The van der Waals surface area contributed by atoms with E-state index in [4.69, 9.17) is 10.2 Å². The number of hydrogen-bond donors (Lipinski definition) is 2. The third-order valence-corrected chi connectivity index (χ3v) is 3.22. The summed E-state index contributed by atoms with van der Waals surface area (Å²) in [7, 11) is 0. The molecule has 0 saturated heterocycles. The molecule has 0 aliphatic rings. The minimum absolute atomic E-state index is 0.335. The van der Waals surface area contributed by atoms with E-state index in [1.54, 1.807) is 0 Å². The topological polar surface area (TPSA) is 40.5 Å². The molecule has 0 unspecified atom stereocenters. The van der Waals surface area contributed by atoms with Crippen LogP contribution >= 0.6 is 0 Å². The Morgan fingerprint density at radius 1 is 0.444 bits per heavy atom. The van der Waals surface area contributed by atoms with E-state index in [0.717, 1.165) is 19.3 Å². The molecule has 0 radical (unpaired) electrons. The van der Waals surface area contributed by atoms with Gasteiger partial charge in [0.1, 0.15) is 0 Å². The van der Waals surface area contributed by atoms with E-state index in [1.807, 2.05) is 0 Å². The van der Waals surface area contributed by atoms with Gasteiger partial charge in [0.05, 0.1) is 0 Å². The molecule has 0 bridgehead atoms. The Bertz CT molecular complexity index is 166. The Kier molecular flexibility index (Phi) is 16.3. The van der Waals surface area contributed by atoms with Gasteiger partial charge in [0.25, 0.3) is 0 Å². The quantitative estimate of drug-likeness (QED) is 0.361. The summed E-state index contributed by atoms with van der Waals surface area (Å²) in [6, 6.07) is 0. The van der Waals surface area contributed by atoms with Gasteiger partial charge in [-0.25, -0.2) is 0 Å². The van der Waals surface area contributed by atoms with Crippen molar-refractivity contribution in [2.75, 3.05) is 13.2 Å². The van der Waals surface area contributed by atoms with Gasteiger partial charge in [-0.15, -0.1) is 0 Å². The molecule has 0 aromatic heterocycles. The van der Waals surface area contributed by atoms with Crippen LogP contribution in [0.1, 0.15) is 77.0 Å². The fourth-order valence-corrected chi connectivity index (χ4v) is 2.04. The maximum Gasteiger partial charge on any atom is 0.0431 e. The average molecular weight is 256 g/mol. The molecular weight excluding hydrogens is 224 g/mol. The molecule has 2 heteroatoms. The molecule has 2 nitrogen and oxygen atoms in total. The van der Waals surface area contributed by atoms with Crippen molar-refractivity contribution in [1.82, 2.24) is 0 Å². The highest BCUT2D eigenvalue weighted by Gasteiger charge is 1.90. The van der Waals surface area contributed by atoms with Gasteiger partial charge < -0.3 is 10.2 Å². The van der Waals surface area contributed by atoms with Gasteiger partial charge in [-0.2, -0.15) is 0 Å². The zero-order valence-electron chi connectivity index (χ0n) is 11.9. The van der Waals surface area contributed by atoms with Gasteiger partial charge in [-0.1, -0.05) is 50.7 Å². The van der Waals surface area contributed by atoms with E-state index in [2.05, 4.69) is 12.2 Å². The molecule has 0 atom stereocenters. The number of rotatable bonds is 14. The highest BCUT2D eigenvalue weighted by atomic mass is 16.3. The number of unbranched alkanes of at least 4 members (excludes halogenated alkanes) is 10. The summed E-state index contributed by atoms with van der Waals surface area (Å²) in [4.78, 5) is 0. The summed E-state index contributed by atoms with van der Waals surface area (Å²) < 4.78 is 0. The van der Waals surface area contributed by atoms with E-state index < -0.39 is 0 Å². The molecular formula is C16H32O2. The molecule has 108 valence electrons. The smallest absolute Gasteiger partial charge is 0.0431 e. The van der Waals surface area contributed by atoms with Crippen LogP contribution in [0.4, 0.5) is 0 Å². The molecule has 2 N–H and O–H groups in total. The second kappa shape index (κ2) is 16.7. The first-order chi connectivity index (χ1) is 8.91. The Balaban J connectivity index is 2.99. The molecule has 0 amide bonds. The first-order valence-corrected chi connectivity index (χ1v) is 7.78. The van der Waals surface area contributed by atoms with Crippen LogP contribution < -0.4 is 0 Å². The predicted octanol–water partition coefficient (Wildman–Crippen LogP) is 4.21. The van der Waals surface area contributed by atoms with Crippen molar-refractivity contribution in [3.63, 3.8) is 0 Å². The molecule has 0 aromatic rings. The standard InChI is InChI=1S/C16H32O2/c17-15-13-11-9-7-5-3-1-2-4-6-8-10-12-14-16-18/h3,5,17-18H,1-2,4,6-16H2. The lowest BCUT2D eigenvalue weighted by Crippen LogP contribution is -1.84. The van der Waals surface area contributed by atoms with E-state index in [1.165, 1.54) is 57.8 Å². The first kappa shape index (κ1) is 17.7. The van der Waals surface area contributed by atoms with Crippen molar-refractivity contribution in [3.8, 4) is 0 Å². The summed E-state index contributed by atoms with van der Waals surface area (Å²) in [5.41, 5.74) is 0. The second-order valence-corrected chi connectivity index (χ2v) is 5.03. The largest absolute Gasteiger partial charge is 0.396 e. The number of aliphatic hydroxyl groups excluding tert-OH is 2. The third-order valence-electron chi connectivity index (χ3n) is 3.22. The van der Waals surface area contributed by atoms with Crippen molar-refractivity contribution < 1.29 is 10.2 Å². The fourth-order valence-electron chi connectivity index (χ4n) is 2.04. The van der Waals surface area contributed by atoms with Crippen LogP contribution in [-0.4, -0.2) is 23.4 Å². The summed E-state index contributed by atoms with van der Waals surface area (Å²) in [6.07, 6.45) is 19.0. The van der Waals surface area contributed by atoms with E-state index in [9.17, 15) is 0 Å². The molecule has 18 heavy (non-hydrogen) atoms. The maximum absolute atomic E-state index is 8.64. The number of hydrogen-bond acceptors (Lipinski definition) is 2. The number of aliphatic hydroxyl groups is 2. The van der Waals surface area contributed by atoms with Crippen LogP contribution in [0, 0.1) is 0 Å². The Morgan fingerprint density at radius 3 is 1.22 bits per heavy atom. The van der Waals surface area contributed by atoms with E-state index in [0.29, 0.717) is 13.2 Å². The fraction of sp³-hybridized carbons (Fsp3) is 0.875. The van der Waals surface area contributed by atoms with Crippen molar-refractivity contribution >= 4 is 0 Å². The van der Waals surface area contributed by atoms with E-state index in [-0.39, 0.29) is 0 Å². The lowest BCUT2D eigenvalue weighted by Gasteiger charge is -1.99. The van der Waals surface area contributed by atoms with Crippen molar-refractivity contribution in [3.05, 3.63) is 12.2 Å². The van der Waals surface area contributed by atoms with Crippen LogP contribution in [0.3, 0.4) is 0 Å². The number of allylic oxidation sites excluding steroid dienone is 2. The van der Waals surface area contributed by atoms with E-state index >= 15 is 0 Å². The maximum atomic E-state index is 8.64. The normalized spacial score (nSPS) is 11.4. The van der Waals surface area contributed by atoms with Crippen LogP contribution in [0.2, 0.25) is 0 Å². The second-order valence-electron chi connectivity index (χ2n) is 5.03. The SMILES string of the molecule is OCCCCCC=CCCCCCCCCCO. The summed E-state index contributed by atoms with van der Waals surface area (Å²) in [5.74, 6) is 0. The average Bonchev–Trinajstić information content (AvgIpc) is 2.39. The first-order valence-electron chi connectivity index (χ1n) is 7.78. The summed E-state index contributed by atoms with van der Waals surface area (Å²) in [5, 5.41) is 17.3. The van der Waals surface area contributed by atoms with Crippen LogP contribution in [0.15, 0.2) is 12.2 Å². The zero-order valence-corrected chi connectivity index (χ0v) is 11.9. The lowest BCUT2D eigenvalue weighted by molar-refractivity contribution is 0.282. The Hall–Kier alpha value is -0.340. The molecule has 0 rings (SSSR count). The van der Waals surface area contributed by atoms with Crippen molar-refractivity contribution in [2.24, 2.45) is 0 Å². The van der Waals surface area contributed by atoms with Crippen LogP contribution in [0.25, 0.3) is 0 Å². The minimum Gasteiger partial charge on any atom is -0.396 e. The molecule has 0 spiro atoms. The van der Waals surface area contributed by atoms with Gasteiger partial charge >= 0.3 is 0 Å². The van der Waals surface area contributed by atoms with Gasteiger partial charge in [-0.05, 0) is 38.5 Å². The predicted molar refractivity (Wildman–Crippen MR) is 78.7 cm³/mol. The lowest BCUT2D eigenvalue weighted by atomic mass is 10.1. The van der Waals surface area contributed by atoms with Crippen molar-refractivity contribution in [2.45, 2.75) is 77.0 Å². The zero-order chi connectivity index (χ0) is 13.3. The Morgan fingerprint density at radius 2 is 0.778 bits per heavy atom. The Labute approximate surface area is 113 Å². The summed E-state index contributed by atoms with van der Waals surface area (Å²) >= 11 is 0. The monoisotopic (exact) mass is 256 g/mol. The molecule has 0 fully saturated rings. The van der Waals surface area contributed by atoms with Crippen LogP contribution in [-0.2, 0) is 0 Å². The highest BCUT2D eigenvalue weighted by Crippen LogP contribution is 2.09. The molecule has 0 aliphatic heterocycles. The minimum atomic E-state index is 0.335. The van der Waals surface area contributed by atoms with Gasteiger partial charge in [0, 0.05) is 13.2 Å². The third kappa shape index (κ3) is 15.7. The van der Waals surface area contributed by atoms with Crippen LogP contribution in [0.5, 0.6) is 0 Å². The van der Waals surface area contributed by atoms with Gasteiger partial charge in [-0.3, -0.25) is 0 Å². The molecule has 0 aromatic carbocycles. The molecule has 0 heterocycles. The highest BCUT2D eigenvalue weighted by molar-refractivity contribution is 4.81. The molecule has 0 saturated carbocycles. The van der Waals surface area contributed by atoms with Crippen molar-refractivity contribution in [1.29, 1.82) is 0 Å². The van der Waals surface area contributed by atoms with Gasteiger partial charge in [0.2, 0.25) is 0 Å².